The van der Waals surface area contributed by atoms with Gasteiger partial charge in [0.15, 0.2) is 0 Å². The van der Waals surface area contributed by atoms with Crippen LogP contribution in [0.4, 0.5) is 0 Å². The van der Waals surface area contributed by atoms with Gasteiger partial charge in [-0.05, 0) is 36.8 Å². The molecule has 0 radical (unpaired) electrons. The Bertz CT molecular complexity index is 595. The van der Waals surface area contributed by atoms with Crippen molar-refractivity contribution >= 4 is 12.9 Å². The van der Waals surface area contributed by atoms with Crippen LogP contribution in [0.5, 0.6) is 0 Å². The van der Waals surface area contributed by atoms with Gasteiger partial charge in [0.1, 0.15) is 0 Å². The van der Waals surface area contributed by atoms with E-state index in [2.05, 4.69) is 9.97 Å². The van der Waals surface area contributed by atoms with Gasteiger partial charge in [-0.25, -0.2) is 0 Å². The zero-order valence-electron chi connectivity index (χ0n) is 9.11. The number of rotatable bonds is 2. The van der Waals surface area contributed by atoms with E-state index in [1.807, 2.05) is 19.1 Å². The molecule has 0 amide bonds. The molecule has 2 heterocycles. The molecule has 0 unspecified atom stereocenters. The Labute approximate surface area is 98.3 Å². The molecule has 0 spiro atoms. The number of nitrogens with zero attached hydrogens (tertiary/aromatic N) is 2. The van der Waals surface area contributed by atoms with Gasteiger partial charge in [0.05, 0.1) is 16.7 Å². The molecule has 0 saturated heterocycles. The summed E-state index contributed by atoms with van der Waals surface area (Å²) in [6.45, 7) is 1.91. The Morgan fingerprint density at radius 1 is 1.06 bits per heavy atom. The van der Waals surface area contributed by atoms with Gasteiger partial charge in [0, 0.05) is 12.4 Å². The van der Waals surface area contributed by atoms with Gasteiger partial charge < -0.3 is 9.79 Å². The standard InChI is InChI=1S/C11H11N2O3P/c1-8-2-4-12-10(6-8)11-7-9(3-5-13-11)17(14,15)16/h2-7H,1H3,(H2,14,15,16). The molecule has 0 aliphatic carbocycles. The van der Waals surface area contributed by atoms with Gasteiger partial charge in [-0.3, -0.25) is 14.5 Å². The smallest absolute Gasteiger partial charge is 0.321 e. The molecule has 0 atom stereocenters. The summed E-state index contributed by atoms with van der Waals surface area (Å²) >= 11 is 0. The first-order valence-corrected chi connectivity index (χ1v) is 6.53. The molecule has 2 N–H and O–H groups in total. The van der Waals surface area contributed by atoms with Crippen LogP contribution in [0.2, 0.25) is 0 Å². The van der Waals surface area contributed by atoms with Gasteiger partial charge in [0.25, 0.3) is 0 Å². The van der Waals surface area contributed by atoms with Crippen LogP contribution < -0.4 is 5.30 Å². The molecule has 5 nitrogen and oxygen atoms in total. The fourth-order valence-corrected chi connectivity index (χ4v) is 1.97. The maximum Gasteiger partial charge on any atom is 0.356 e. The summed E-state index contributed by atoms with van der Waals surface area (Å²) in [6.07, 6.45) is 3.00. The summed E-state index contributed by atoms with van der Waals surface area (Å²) in [5.74, 6) is 0. The van der Waals surface area contributed by atoms with E-state index < -0.39 is 7.60 Å². The summed E-state index contributed by atoms with van der Waals surface area (Å²) in [7, 11) is -4.25. The molecule has 0 fully saturated rings. The summed E-state index contributed by atoms with van der Waals surface area (Å²) < 4.78 is 11.1. The molecule has 0 aromatic carbocycles. The van der Waals surface area contributed by atoms with E-state index in [4.69, 9.17) is 9.79 Å². The minimum Gasteiger partial charge on any atom is -0.321 e. The zero-order chi connectivity index (χ0) is 12.5. The maximum absolute atomic E-state index is 11.1. The minimum absolute atomic E-state index is 0.0502. The Hall–Kier alpha value is -1.55. The van der Waals surface area contributed by atoms with Crippen molar-refractivity contribution in [2.45, 2.75) is 6.92 Å². The highest BCUT2D eigenvalue weighted by atomic mass is 31.2. The van der Waals surface area contributed by atoms with Crippen LogP contribution in [-0.2, 0) is 4.57 Å². The number of pyridine rings is 2. The second-order valence-corrected chi connectivity index (χ2v) is 5.27. The average Bonchev–Trinajstić information content (AvgIpc) is 2.28. The summed E-state index contributed by atoms with van der Waals surface area (Å²) in [4.78, 5) is 26.3. The average molecular weight is 250 g/mol. The van der Waals surface area contributed by atoms with Crippen molar-refractivity contribution < 1.29 is 14.4 Å². The molecular weight excluding hydrogens is 239 g/mol. The summed E-state index contributed by atoms with van der Waals surface area (Å²) in [5.41, 5.74) is 2.06. The van der Waals surface area contributed by atoms with Crippen LogP contribution in [0.25, 0.3) is 11.4 Å². The van der Waals surface area contributed by atoms with Crippen LogP contribution in [0.3, 0.4) is 0 Å². The van der Waals surface area contributed by atoms with E-state index in [9.17, 15) is 4.57 Å². The van der Waals surface area contributed by atoms with Crippen molar-refractivity contribution in [2.75, 3.05) is 0 Å². The van der Waals surface area contributed by atoms with E-state index in [0.29, 0.717) is 11.4 Å². The highest BCUT2D eigenvalue weighted by Crippen LogP contribution is 2.33. The molecule has 17 heavy (non-hydrogen) atoms. The number of aryl methyl sites for hydroxylation is 1. The van der Waals surface area contributed by atoms with Gasteiger partial charge in [0.2, 0.25) is 0 Å². The van der Waals surface area contributed by atoms with E-state index in [-0.39, 0.29) is 5.30 Å². The van der Waals surface area contributed by atoms with E-state index in [1.54, 1.807) is 6.20 Å². The van der Waals surface area contributed by atoms with Crippen LogP contribution >= 0.6 is 7.60 Å². The number of hydrogen-bond donors (Lipinski definition) is 2. The lowest BCUT2D eigenvalue weighted by atomic mass is 10.2. The molecule has 0 aliphatic rings. The first kappa shape index (κ1) is 11.9. The van der Waals surface area contributed by atoms with Crippen LogP contribution in [-0.4, -0.2) is 19.8 Å². The monoisotopic (exact) mass is 250 g/mol. The third kappa shape index (κ3) is 2.77. The number of aromatic nitrogens is 2. The van der Waals surface area contributed by atoms with Crippen molar-refractivity contribution in [3.05, 3.63) is 42.2 Å². The second-order valence-electron chi connectivity index (χ2n) is 3.66. The van der Waals surface area contributed by atoms with E-state index >= 15 is 0 Å². The largest absolute Gasteiger partial charge is 0.356 e. The van der Waals surface area contributed by atoms with Crippen LogP contribution in [0.15, 0.2) is 36.7 Å². The Morgan fingerprint density at radius 2 is 1.65 bits per heavy atom. The predicted octanol–water partition coefficient (Wildman–Crippen LogP) is 1.26. The zero-order valence-corrected chi connectivity index (χ0v) is 10.0. The lowest BCUT2D eigenvalue weighted by molar-refractivity contribution is 0.387. The molecular formula is C11H11N2O3P. The molecule has 2 rings (SSSR count). The lowest BCUT2D eigenvalue weighted by Gasteiger charge is -2.06. The lowest BCUT2D eigenvalue weighted by Crippen LogP contribution is -2.05. The van der Waals surface area contributed by atoms with Gasteiger partial charge in [-0.15, -0.1) is 0 Å². The Kier molecular flexibility index (Phi) is 3.07. The fourth-order valence-electron chi connectivity index (χ4n) is 1.42. The highest BCUT2D eigenvalue weighted by molar-refractivity contribution is 7.60. The highest BCUT2D eigenvalue weighted by Gasteiger charge is 2.17. The molecule has 0 saturated carbocycles. The molecule has 0 bridgehead atoms. The fraction of sp³-hybridized carbons (Fsp3) is 0.0909. The first-order valence-electron chi connectivity index (χ1n) is 4.92. The topological polar surface area (TPSA) is 83.3 Å². The van der Waals surface area contributed by atoms with Crippen molar-refractivity contribution in [1.82, 2.24) is 9.97 Å². The first-order chi connectivity index (χ1) is 7.97. The SMILES string of the molecule is Cc1ccnc(-c2cc(P(=O)(O)O)ccn2)c1. The third-order valence-corrected chi connectivity index (χ3v) is 3.21. The maximum atomic E-state index is 11.1. The van der Waals surface area contributed by atoms with E-state index in [1.165, 1.54) is 18.3 Å². The molecule has 2 aromatic rings. The molecule has 2 aromatic heterocycles. The van der Waals surface area contributed by atoms with Crippen molar-refractivity contribution in [3.63, 3.8) is 0 Å². The predicted molar refractivity (Wildman–Crippen MR) is 63.9 cm³/mol. The quantitative estimate of drug-likeness (QED) is 0.784. The second kappa shape index (κ2) is 4.37. The van der Waals surface area contributed by atoms with Crippen LogP contribution in [0, 0.1) is 6.92 Å². The van der Waals surface area contributed by atoms with Crippen molar-refractivity contribution in [1.29, 1.82) is 0 Å². The Balaban J connectivity index is 2.51. The molecule has 0 aliphatic heterocycles. The minimum atomic E-state index is -4.25. The number of hydrogen-bond acceptors (Lipinski definition) is 3. The molecule has 6 heteroatoms. The van der Waals surface area contributed by atoms with Crippen molar-refractivity contribution in [2.24, 2.45) is 0 Å². The van der Waals surface area contributed by atoms with E-state index in [0.717, 1.165) is 5.56 Å². The van der Waals surface area contributed by atoms with Gasteiger partial charge >= 0.3 is 7.60 Å². The summed E-state index contributed by atoms with van der Waals surface area (Å²) in [5, 5.41) is -0.0502. The van der Waals surface area contributed by atoms with Crippen LogP contribution in [0.1, 0.15) is 5.56 Å². The summed E-state index contributed by atoms with van der Waals surface area (Å²) in [6, 6.07) is 6.32. The van der Waals surface area contributed by atoms with Gasteiger partial charge in [-0.1, -0.05) is 0 Å². The Morgan fingerprint density at radius 3 is 2.24 bits per heavy atom. The molecule has 88 valence electrons. The van der Waals surface area contributed by atoms with Crippen molar-refractivity contribution in [3.8, 4) is 11.4 Å². The third-order valence-electron chi connectivity index (χ3n) is 2.26. The van der Waals surface area contributed by atoms with Gasteiger partial charge in [-0.2, -0.15) is 0 Å². The normalized spacial score (nSPS) is 11.5.